The topological polar surface area (TPSA) is 64.0 Å². The van der Waals surface area contributed by atoms with Crippen LogP contribution in [0.5, 0.6) is 0 Å². The van der Waals surface area contributed by atoms with Gasteiger partial charge in [0.2, 0.25) is 5.91 Å². The molecule has 1 heterocycles. The highest BCUT2D eigenvalue weighted by Crippen LogP contribution is 2.26. The summed E-state index contributed by atoms with van der Waals surface area (Å²) in [4.78, 5) is 24.6. The molecule has 3 rings (SSSR count). The van der Waals surface area contributed by atoms with Crippen molar-refractivity contribution in [2.75, 3.05) is 0 Å². The fourth-order valence-corrected chi connectivity index (χ4v) is 3.47. The first-order valence-electron chi connectivity index (χ1n) is 9.00. The lowest BCUT2D eigenvalue weighted by Gasteiger charge is -2.29. The zero-order chi connectivity index (χ0) is 17.7. The summed E-state index contributed by atoms with van der Waals surface area (Å²) in [7, 11) is 0. The highest BCUT2D eigenvalue weighted by atomic mass is 16.2. The van der Waals surface area contributed by atoms with E-state index in [4.69, 9.17) is 0 Å². The molecule has 1 fully saturated rings. The average Bonchev–Trinajstić information content (AvgIpc) is 2.82. The van der Waals surface area contributed by atoms with Gasteiger partial charge in [0.05, 0.1) is 5.69 Å². The highest BCUT2D eigenvalue weighted by molar-refractivity contribution is 5.76. The molecule has 1 N–H and O–H groups in total. The van der Waals surface area contributed by atoms with E-state index in [1.807, 2.05) is 30.3 Å². The minimum absolute atomic E-state index is 0.0465. The second-order valence-corrected chi connectivity index (χ2v) is 7.10. The van der Waals surface area contributed by atoms with Gasteiger partial charge in [0.1, 0.15) is 6.54 Å². The van der Waals surface area contributed by atoms with Crippen molar-refractivity contribution in [2.45, 2.75) is 57.5 Å². The molecular formula is C20H25N3O2. The molecule has 2 aromatic rings. The third-order valence-electron chi connectivity index (χ3n) is 4.88. The molecule has 0 radical (unpaired) electrons. The summed E-state index contributed by atoms with van der Waals surface area (Å²) >= 11 is 0. The van der Waals surface area contributed by atoms with Crippen molar-refractivity contribution in [2.24, 2.45) is 0 Å². The van der Waals surface area contributed by atoms with Crippen LogP contribution in [0.3, 0.4) is 0 Å². The molecule has 0 saturated heterocycles. The molecule has 132 valence electrons. The first-order valence-corrected chi connectivity index (χ1v) is 9.00. The summed E-state index contributed by atoms with van der Waals surface area (Å²) in [5.41, 5.74) is 1.18. The Hall–Kier alpha value is -2.43. The predicted molar refractivity (Wildman–Crippen MR) is 98.2 cm³/mol. The van der Waals surface area contributed by atoms with Crippen LogP contribution in [0.2, 0.25) is 0 Å². The van der Waals surface area contributed by atoms with Gasteiger partial charge in [-0.3, -0.25) is 9.59 Å². The number of carbonyl (C=O) groups excluding carboxylic acids is 1. The van der Waals surface area contributed by atoms with E-state index in [2.05, 4.69) is 17.3 Å². The molecule has 5 nitrogen and oxygen atoms in total. The number of carbonyl (C=O) groups is 1. The molecule has 1 aromatic carbocycles. The summed E-state index contributed by atoms with van der Waals surface area (Å²) < 4.78 is 1.25. The van der Waals surface area contributed by atoms with Gasteiger partial charge < -0.3 is 5.32 Å². The van der Waals surface area contributed by atoms with Crippen molar-refractivity contribution >= 4 is 5.91 Å². The molecule has 1 aliphatic rings. The van der Waals surface area contributed by atoms with Crippen molar-refractivity contribution in [3.05, 3.63) is 52.8 Å². The van der Waals surface area contributed by atoms with Gasteiger partial charge in [-0.05, 0) is 25.8 Å². The molecular weight excluding hydrogens is 314 g/mol. The molecule has 1 aromatic heterocycles. The van der Waals surface area contributed by atoms with Gasteiger partial charge in [-0.15, -0.1) is 0 Å². The van der Waals surface area contributed by atoms with Gasteiger partial charge in [-0.1, -0.05) is 56.0 Å². The first-order chi connectivity index (χ1) is 12.1. The van der Waals surface area contributed by atoms with E-state index in [1.54, 1.807) is 6.07 Å². The molecule has 1 aliphatic carbocycles. The zero-order valence-electron chi connectivity index (χ0n) is 14.7. The molecule has 0 unspecified atom stereocenters. The van der Waals surface area contributed by atoms with Gasteiger partial charge in [-0.25, -0.2) is 4.68 Å². The molecule has 1 amide bonds. The fraction of sp³-hybridized carbons (Fsp3) is 0.450. The molecule has 0 atom stereocenters. The van der Waals surface area contributed by atoms with E-state index >= 15 is 0 Å². The van der Waals surface area contributed by atoms with Gasteiger partial charge in [0.25, 0.3) is 5.56 Å². The maximum atomic E-state index is 12.5. The second-order valence-electron chi connectivity index (χ2n) is 7.10. The van der Waals surface area contributed by atoms with E-state index in [1.165, 1.54) is 23.6 Å². The predicted octanol–water partition coefficient (Wildman–Crippen LogP) is 3.14. The SMILES string of the molecule is CC1(NC(=O)Cn2nc(-c3ccccc3)ccc2=O)CCCCCC1. The summed E-state index contributed by atoms with van der Waals surface area (Å²) in [5, 5.41) is 7.49. The van der Waals surface area contributed by atoms with E-state index in [0.29, 0.717) is 5.69 Å². The van der Waals surface area contributed by atoms with Gasteiger partial charge in [0, 0.05) is 17.2 Å². The van der Waals surface area contributed by atoms with E-state index in [0.717, 1.165) is 31.2 Å². The Morgan fingerprint density at radius 3 is 2.44 bits per heavy atom. The average molecular weight is 339 g/mol. The van der Waals surface area contributed by atoms with Crippen molar-refractivity contribution < 1.29 is 4.79 Å². The number of benzene rings is 1. The van der Waals surface area contributed by atoms with E-state index < -0.39 is 0 Å². The Morgan fingerprint density at radius 1 is 1.08 bits per heavy atom. The Balaban J connectivity index is 1.73. The van der Waals surface area contributed by atoms with Gasteiger partial charge in [-0.2, -0.15) is 5.10 Å². The normalized spacial score (nSPS) is 16.8. The number of nitrogens with zero attached hydrogens (tertiary/aromatic N) is 2. The quantitative estimate of drug-likeness (QED) is 0.871. The summed E-state index contributed by atoms with van der Waals surface area (Å²) in [6.45, 7) is 2.06. The Bertz CT molecular complexity index is 775. The van der Waals surface area contributed by atoms with Gasteiger partial charge >= 0.3 is 0 Å². The number of rotatable bonds is 4. The lowest BCUT2D eigenvalue weighted by atomic mass is 9.92. The van der Waals surface area contributed by atoms with Crippen LogP contribution in [0, 0.1) is 0 Å². The zero-order valence-corrected chi connectivity index (χ0v) is 14.7. The van der Waals surface area contributed by atoms with Crippen molar-refractivity contribution in [3.8, 4) is 11.3 Å². The molecule has 0 bridgehead atoms. The maximum absolute atomic E-state index is 12.5. The van der Waals surface area contributed by atoms with Crippen LogP contribution in [0.1, 0.15) is 45.4 Å². The smallest absolute Gasteiger partial charge is 0.267 e. The van der Waals surface area contributed by atoms with Crippen LogP contribution in [0.15, 0.2) is 47.3 Å². The highest BCUT2D eigenvalue weighted by Gasteiger charge is 2.27. The van der Waals surface area contributed by atoms with Crippen LogP contribution in [-0.4, -0.2) is 21.2 Å². The van der Waals surface area contributed by atoms with Gasteiger partial charge in [0.15, 0.2) is 0 Å². The largest absolute Gasteiger partial charge is 0.349 e. The lowest BCUT2D eigenvalue weighted by molar-refractivity contribution is -0.123. The second kappa shape index (κ2) is 7.64. The minimum atomic E-state index is -0.263. The number of aromatic nitrogens is 2. The number of nitrogens with one attached hydrogen (secondary N) is 1. The lowest BCUT2D eigenvalue weighted by Crippen LogP contribution is -2.47. The molecule has 1 saturated carbocycles. The fourth-order valence-electron chi connectivity index (χ4n) is 3.47. The number of hydrogen-bond donors (Lipinski definition) is 1. The van der Waals surface area contributed by atoms with E-state index in [-0.39, 0.29) is 23.6 Å². The molecule has 0 aliphatic heterocycles. The molecule has 0 spiro atoms. The van der Waals surface area contributed by atoms with Crippen LogP contribution < -0.4 is 10.9 Å². The third-order valence-corrected chi connectivity index (χ3v) is 4.88. The van der Waals surface area contributed by atoms with E-state index in [9.17, 15) is 9.59 Å². The summed E-state index contributed by atoms with van der Waals surface area (Å²) in [6.07, 6.45) is 6.71. The standard InChI is InChI=1S/C20H25N3O2/c1-20(13-7-2-3-8-14-20)21-18(24)15-23-19(25)12-11-17(22-23)16-9-5-4-6-10-16/h4-6,9-12H,2-3,7-8,13-15H2,1H3,(H,21,24). The minimum Gasteiger partial charge on any atom is -0.349 e. The van der Waals surface area contributed by atoms with Crippen LogP contribution >= 0.6 is 0 Å². The number of hydrogen-bond acceptors (Lipinski definition) is 3. The summed E-state index contributed by atoms with van der Waals surface area (Å²) in [6, 6.07) is 12.8. The first kappa shape index (κ1) is 17.4. The molecule has 25 heavy (non-hydrogen) atoms. The summed E-state index contributed by atoms with van der Waals surface area (Å²) in [5.74, 6) is -0.149. The molecule has 5 heteroatoms. The number of amides is 1. The van der Waals surface area contributed by atoms with Crippen LogP contribution in [0.25, 0.3) is 11.3 Å². The van der Waals surface area contributed by atoms with Crippen LogP contribution in [0.4, 0.5) is 0 Å². The Kier molecular flexibility index (Phi) is 5.31. The third kappa shape index (κ3) is 4.56. The van der Waals surface area contributed by atoms with Crippen LogP contribution in [-0.2, 0) is 11.3 Å². The van der Waals surface area contributed by atoms with Crippen molar-refractivity contribution in [3.63, 3.8) is 0 Å². The van der Waals surface area contributed by atoms with Crippen molar-refractivity contribution in [1.82, 2.24) is 15.1 Å². The maximum Gasteiger partial charge on any atom is 0.267 e. The Labute approximate surface area is 148 Å². The monoisotopic (exact) mass is 339 g/mol. The van der Waals surface area contributed by atoms with Crippen molar-refractivity contribution in [1.29, 1.82) is 0 Å². The Morgan fingerprint density at radius 2 is 1.76 bits per heavy atom.